The van der Waals surface area contributed by atoms with Crippen LogP contribution < -0.4 is 0 Å². The van der Waals surface area contributed by atoms with Crippen molar-refractivity contribution >= 4 is 17.9 Å². The first kappa shape index (κ1) is 74.8. The molecule has 0 aromatic heterocycles. The summed E-state index contributed by atoms with van der Waals surface area (Å²) in [5.74, 6) is -0.983. The van der Waals surface area contributed by atoms with Gasteiger partial charge in [0.25, 0.3) is 0 Å². The van der Waals surface area contributed by atoms with Crippen molar-refractivity contribution < 1.29 is 28.6 Å². The van der Waals surface area contributed by atoms with E-state index in [1.807, 2.05) is 0 Å². The van der Waals surface area contributed by atoms with Crippen LogP contribution in [0.5, 0.6) is 0 Å². The fraction of sp³-hybridized carbons (Fsp3) is 0.581. The average molecular weight is 1100 g/mol. The number of esters is 3. The highest BCUT2D eigenvalue weighted by Crippen LogP contribution is 2.13. The Morgan fingerprint density at radius 3 is 0.787 bits per heavy atom. The van der Waals surface area contributed by atoms with Gasteiger partial charge < -0.3 is 14.2 Å². The number of rotatable bonds is 56. The fourth-order valence-corrected chi connectivity index (χ4v) is 8.18. The molecule has 0 N–H and O–H groups in total. The van der Waals surface area contributed by atoms with E-state index in [-0.39, 0.29) is 37.5 Å². The molecule has 0 aromatic rings. The molecule has 0 aliphatic carbocycles. The molecule has 0 saturated heterocycles. The maximum absolute atomic E-state index is 12.9. The van der Waals surface area contributed by atoms with E-state index < -0.39 is 6.10 Å². The van der Waals surface area contributed by atoms with Crippen molar-refractivity contribution in [2.45, 2.75) is 264 Å². The first-order valence-electron chi connectivity index (χ1n) is 32.1. The largest absolute Gasteiger partial charge is 0.462 e. The first-order valence-corrected chi connectivity index (χ1v) is 32.1. The zero-order valence-electron chi connectivity index (χ0n) is 51.3. The second-order valence-electron chi connectivity index (χ2n) is 20.5. The molecule has 0 aliphatic heterocycles. The van der Waals surface area contributed by atoms with E-state index in [1.165, 1.54) is 44.9 Å². The molecule has 6 heteroatoms. The summed E-state index contributed by atoms with van der Waals surface area (Å²) in [7, 11) is 0. The molecule has 0 saturated carbocycles. The molecule has 80 heavy (non-hydrogen) atoms. The van der Waals surface area contributed by atoms with Gasteiger partial charge in [-0.15, -0.1) is 0 Å². The second-order valence-corrected chi connectivity index (χ2v) is 20.5. The molecule has 0 aromatic carbocycles. The Kier molecular flexibility index (Phi) is 61.9. The van der Waals surface area contributed by atoms with Crippen molar-refractivity contribution in [2.24, 2.45) is 0 Å². The molecule has 0 spiro atoms. The number of allylic oxidation sites excluding steroid dienone is 28. The van der Waals surface area contributed by atoms with Crippen LogP contribution in [0.15, 0.2) is 170 Å². The average Bonchev–Trinajstić information content (AvgIpc) is 3.46. The van der Waals surface area contributed by atoms with E-state index in [0.717, 1.165) is 167 Å². The molecule has 0 amide bonds. The third-order valence-corrected chi connectivity index (χ3v) is 12.9. The Balaban J connectivity index is 4.48. The molecule has 0 fully saturated rings. The maximum atomic E-state index is 12.9. The summed E-state index contributed by atoms with van der Waals surface area (Å²) in [6.07, 6.45) is 97.8. The van der Waals surface area contributed by atoms with Crippen LogP contribution in [0, 0.1) is 0 Å². The van der Waals surface area contributed by atoms with Gasteiger partial charge in [0.2, 0.25) is 0 Å². The fourth-order valence-electron chi connectivity index (χ4n) is 8.18. The van der Waals surface area contributed by atoms with Gasteiger partial charge in [-0.1, -0.05) is 255 Å². The predicted octanol–water partition coefficient (Wildman–Crippen LogP) is 22.3. The van der Waals surface area contributed by atoms with Gasteiger partial charge in [-0.3, -0.25) is 14.4 Å². The molecule has 1 atom stereocenters. The number of carbonyl (C=O) groups is 3. The van der Waals surface area contributed by atoms with Gasteiger partial charge in [0.05, 0.1) is 0 Å². The zero-order valence-corrected chi connectivity index (χ0v) is 51.3. The summed E-state index contributed by atoms with van der Waals surface area (Å²) < 4.78 is 16.9. The molecule has 448 valence electrons. The number of carbonyl (C=O) groups excluding carboxylic acids is 3. The highest BCUT2D eigenvalue weighted by molar-refractivity contribution is 5.71. The lowest BCUT2D eigenvalue weighted by molar-refractivity contribution is -0.167. The third kappa shape index (κ3) is 63.6. The predicted molar refractivity (Wildman–Crippen MR) is 348 cm³/mol. The lowest BCUT2D eigenvalue weighted by Crippen LogP contribution is -2.30. The van der Waals surface area contributed by atoms with Crippen LogP contribution in [0.2, 0.25) is 0 Å². The molecule has 0 heterocycles. The van der Waals surface area contributed by atoms with Crippen LogP contribution in [0.3, 0.4) is 0 Å². The van der Waals surface area contributed by atoms with Crippen molar-refractivity contribution in [3.63, 3.8) is 0 Å². The van der Waals surface area contributed by atoms with Crippen molar-refractivity contribution in [2.75, 3.05) is 13.2 Å². The SMILES string of the molecule is CC/C=C\C/C=C\C/C=C\C/C=C\C/C=C\C/C=C\C/C=C\C/C=C\CCCCCCC(=O)OCC(COC(=O)CCCCCCC/C=C\CCCCCCC)OC(=O)CCCCC/C=C\C/C=C\C/C=C\C/C=C\C/C=C\CC. The Hall–Kier alpha value is -5.23. The maximum Gasteiger partial charge on any atom is 0.306 e. The Bertz CT molecular complexity index is 1840. The van der Waals surface area contributed by atoms with Gasteiger partial charge in [-0.05, 0) is 154 Å². The quantitative estimate of drug-likeness (QED) is 0.0261. The normalized spacial score (nSPS) is 13.3. The molecule has 0 bridgehead atoms. The summed E-state index contributed by atoms with van der Waals surface area (Å²) in [6, 6.07) is 0. The van der Waals surface area contributed by atoms with Crippen LogP contribution >= 0.6 is 0 Å². The summed E-state index contributed by atoms with van der Waals surface area (Å²) >= 11 is 0. The molecule has 1 unspecified atom stereocenters. The first-order chi connectivity index (χ1) is 39.5. The van der Waals surface area contributed by atoms with E-state index in [2.05, 4.69) is 191 Å². The van der Waals surface area contributed by atoms with E-state index in [4.69, 9.17) is 14.2 Å². The number of unbranched alkanes of at least 4 members (excludes halogenated alkanes) is 17. The second kappa shape index (κ2) is 66.3. The van der Waals surface area contributed by atoms with E-state index >= 15 is 0 Å². The third-order valence-electron chi connectivity index (χ3n) is 12.9. The number of ether oxygens (including phenoxy) is 3. The number of hydrogen-bond donors (Lipinski definition) is 0. The summed E-state index contributed by atoms with van der Waals surface area (Å²) in [6.45, 7) is 6.34. The smallest absolute Gasteiger partial charge is 0.306 e. The minimum atomic E-state index is -0.820. The van der Waals surface area contributed by atoms with Gasteiger partial charge in [0.1, 0.15) is 13.2 Å². The van der Waals surface area contributed by atoms with E-state index in [9.17, 15) is 14.4 Å². The molecular formula is C74H116O6. The lowest BCUT2D eigenvalue weighted by Gasteiger charge is -2.18. The van der Waals surface area contributed by atoms with Gasteiger partial charge in [-0.2, -0.15) is 0 Å². The van der Waals surface area contributed by atoms with Crippen LogP contribution in [0.4, 0.5) is 0 Å². The highest BCUT2D eigenvalue weighted by Gasteiger charge is 2.19. The monoisotopic (exact) mass is 1100 g/mol. The Morgan fingerprint density at radius 1 is 0.263 bits per heavy atom. The Labute approximate surface area is 492 Å². The molecule has 0 rings (SSSR count). The zero-order chi connectivity index (χ0) is 57.8. The standard InChI is InChI=1S/C74H116O6/c1-4-7-10-13-16-19-22-25-28-30-32-33-34-35-36-37-38-39-40-41-43-44-46-49-52-55-58-61-64-67-73(76)79-70-71(69-78-72(75)66-63-60-57-54-51-48-27-24-21-18-15-12-9-6-3)80-74(77)68-65-62-59-56-53-50-47-45-42-31-29-26-23-20-17-14-11-8-5-2/h7-8,10-11,16-17,19-20,24-29,32-33,35-36,38-39,41-43,45-46,49-50,53,71H,4-6,9,12-15,18,21-23,30-31,34,37,40,44,47-48,51-52,54-70H2,1-3H3/b10-7-,11-8-,19-16-,20-17-,27-24-,28-25-,29-26-,33-32-,36-35-,39-38-,43-41-,45-42-,49-46-,53-50-. The summed E-state index contributed by atoms with van der Waals surface area (Å²) in [5.41, 5.74) is 0. The van der Waals surface area contributed by atoms with Gasteiger partial charge >= 0.3 is 17.9 Å². The highest BCUT2D eigenvalue weighted by atomic mass is 16.6. The topological polar surface area (TPSA) is 78.9 Å². The summed E-state index contributed by atoms with van der Waals surface area (Å²) in [5, 5.41) is 0. The minimum absolute atomic E-state index is 0.111. The molecule has 0 radical (unpaired) electrons. The van der Waals surface area contributed by atoms with Crippen molar-refractivity contribution in [3.8, 4) is 0 Å². The van der Waals surface area contributed by atoms with Crippen LogP contribution in [0.1, 0.15) is 258 Å². The van der Waals surface area contributed by atoms with Crippen molar-refractivity contribution in [1.29, 1.82) is 0 Å². The van der Waals surface area contributed by atoms with Gasteiger partial charge in [0.15, 0.2) is 6.10 Å². The van der Waals surface area contributed by atoms with E-state index in [1.54, 1.807) is 0 Å². The lowest BCUT2D eigenvalue weighted by atomic mass is 10.1. The minimum Gasteiger partial charge on any atom is -0.462 e. The van der Waals surface area contributed by atoms with Gasteiger partial charge in [0, 0.05) is 19.3 Å². The number of hydrogen-bond acceptors (Lipinski definition) is 6. The summed E-state index contributed by atoms with van der Waals surface area (Å²) in [4.78, 5) is 38.3. The molecule has 0 aliphatic rings. The molecular weight excluding hydrogens is 985 g/mol. The Morgan fingerprint density at radius 2 is 0.487 bits per heavy atom. The van der Waals surface area contributed by atoms with Crippen LogP contribution in [-0.4, -0.2) is 37.2 Å². The van der Waals surface area contributed by atoms with Crippen molar-refractivity contribution in [3.05, 3.63) is 170 Å². The van der Waals surface area contributed by atoms with Crippen LogP contribution in [0.25, 0.3) is 0 Å². The van der Waals surface area contributed by atoms with Crippen LogP contribution in [-0.2, 0) is 28.6 Å². The van der Waals surface area contributed by atoms with Gasteiger partial charge in [-0.25, -0.2) is 0 Å². The van der Waals surface area contributed by atoms with E-state index in [0.29, 0.717) is 19.3 Å². The van der Waals surface area contributed by atoms with Crippen molar-refractivity contribution in [1.82, 2.24) is 0 Å². The molecule has 6 nitrogen and oxygen atoms in total.